The zero-order valence-electron chi connectivity index (χ0n) is 10.2. The summed E-state index contributed by atoms with van der Waals surface area (Å²) in [5.41, 5.74) is 0.167. The van der Waals surface area contributed by atoms with Gasteiger partial charge in [0.05, 0.1) is 0 Å². The molecule has 0 saturated heterocycles. The van der Waals surface area contributed by atoms with Crippen LogP contribution in [0.5, 0.6) is 0 Å². The molecule has 0 fully saturated rings. The van der Waals surface area contributed by atoms with Crippen molar-refractivity contribution in [1.29, 1.82) is 0 Å². The van der Waals surface area contributed by atoms with Crippen LogP contribution in [0.1, 0.15) is 54.9 Å². The Morgan fingerprint density at radius 2 is 1.69 bits per heavy atom. The van der Waals surface area contributed by atoms with Crippen LogP contribution in [-0.4, -0.2) is 11.9 Å². The fraction of sp³-hybridized carbons (Fsp3) is 0.909. The Morgan fingerprint density at radius 1 is 1.31 bits per heavy atom. The van der Waals surface area contributed by atoms with Crippen molar-refractivity contribution in [3.63, 3.8) is 0 Å². The molecule has 0 aliphatic carbocycles. The Morgan fingerprint density at radius 3 is 1.77 bits per heavy atom. The van der Waals surface area contributed by atoms with Crippen molar-refractivity contribution in [1.82, 2.24) is 5.32 Å². The molecule has 2 nitrogen and oxygen atoms in total. The largest absolute Gasteiger partial charge is 0.353 e. The van der Waals surface area contributed by atoms with Crippen LogP contribution in [0.3, 0.4) is 0 Å². The number of hydrogen-bond acceptors (Lipinski definition) is 1. The summed E-state index contributed by atoms with van der Waals surface area (Å²) < 4.78 is 0. The number of amides is 1. The van der Waals surface area contributed by atoms with Crippen molar-refractivity contribution in [2.75, 3.05) is 0 Å². The molecule has 0 aliphatic rings. The van der Waals surface area contributed by atoms with E-state index in [2.05, 4.69) is 33.0 Å². The third kappa shape index (κ3) is 7.82. The predicted octanol–water partition coefficient (Wildman–Crippen LogP) is 2.97. The van der Waals surface area contributed by atoms with Crippen LogP contribution in [0.25, 0.3) is 0 Å². The SMILES string of the molecule is CC.CCC(NC(C)=O)C(C)(C)C. The second-order valence-electron chi connectivity index (χ2n) is 4.03. The van der Waals surface area contributed by atoms with E-state index in [1.54, 1.807) is 6.92 Å². The van der Waals surface area contributed by atoms with Gasteiger partial charge in [0.2, 0.25) is 5.91 Å². The molecule has 0 aromatic heterocycles. The molecule has 0 heterocycles. The fourth-order valence-electron chi connectivity index (χ4n) is 1.18. The summed E-state index contributed by atoms with van der Waals surface area (Å²) in [7, 11) is 0. The van der Waals surface area contributed by atoms with Gasteiger partial charge < -0.3 is 5.32 Å². The highest BCUT2D eigenvalue weighted by Gasteiger charge is 2.22. The van der Waals surface area contributed by atoms with Crippen LogP contribution in [0.15, 0.2) is 0 Å². The first-order valence-corrected chi connectivity index (χ1v) is 5.15. The Kier molecular flexibility index (Phi) is 7.98. The molecule has 1 unspecified atom stereocenters. The first kappa shape index (κ1) is 15.0. The fourth-order valence-corrected chi connectivity index (χ4v) is 1.18. The number of rotatable bonds is 2. The molecule has 0 radical (unpaired) electrons. The quantitative estimate of drug-likeness (QED) is 0.707. The van der Waals surface area contributed by atoms with E-state index in [1.165, 1.54) is 0 Å². The normalized spacial score (nSPS) is 12.5. The highest BCUT2D eigenvalue weighted by atomic mass is 16.1. The summed E-state index contributed by atoms with van der Waals surface area (Å²) in [5.74, 6) is 0.0618. The summed E-state index contributed by atoms with van der Waals surface area (Å²) >= 11 is 0. The van der Waals surface area contributed by atoms with Crippen LogP contribution in [0, 0.1) is 5.41 Å². The molecular weight excluding hydrogens is 162 g/mol. The molecule has 0 bridgehead atoms. The average Bonchev–Trinajstić information content (AvgIpc) is 2.01. The van der Waals surface area contributed by atoms with Gasteiger partial charge in [-0.1, -0.05) is 41.5 Å². The van der Waals surface area contributed by atoms with E-state index >= 15 is 0 Å². The summed E-state index contributed by atoms with van der Waals surface area (Å²) in [4.78, 5) is 10.7. The first-order valence-electron chi connectivity index (χ1n) is 5.15. The van der Waals surface area contributed by atoms with E-state index in [9.17, 15) is 4.79 Å². The lowest BCUT2D eigenvalue weighted by Crippen LogP contribution is -2.42. The summed E-state index contributed by atoms with van der Waals surface area (Å²) in [6.07, 6.45) is 0.989. The van der Waals surface area contributed by atoms with Crippen LogP contribution in [0.4, 0.5) is 0 Å². The smallest absolute Gasteiger partial charge is 0.217 e. The molecule has 0 aromatic carbocycles. The van der Waals surface area contributed by atoms with Crippen molar-refractivity contribution in [2.45, 2.75) is 60.9 Å². The van der Waals surface area contributed by atoms with E-state index in [0.717, 1.165) is 6.42 Å². The van der Waals surface area contributed by atoms with Gasteiger partial charge >= 0.3 is 0 Å². The molecular formula is C11H25NO. The van der Waals surface area contributed by atoms with E-state index in [-0.39, 0.29) is 11.3 Å². The first-order chi connectivity index (χ1) is 5.88. The van der Waals surface area contributed by atoms with Gasteiger partial charge in [0.25, 0.3) is 0 Å². The van der Waals surface area contributed by atoms with Crippen molar-refractivity contribution in [3.05, 3.63) is 0 Å². The lowest BCUT2D eigenvalue weighted by atomic mass is 9.85. The van der Waals surface area contributed by atoms with E-state index in [4.69, 9.17) is 0 Å². The van der Waals surface area contributed by atoms with Gasteiger partial charge in [0.15, 0.2) is 0 Å². The zero-order chi connectivity index (χ0) is 11.1. The summed E-state index contributed by atoms with van der Waals surface area (Å²) in [6, 6.07) is 0.292. The van der Waals surface area contributed by atoms with Gasteiger partial charge in [0.1, 0.15) is 0 Å². The van der Waals surface area contributed by atoms with Gasteiger partial charge in [0, 0.05) is 13.0 Å². The lowest BCUT2D eigenvalue weighted by Gasteiger charge is -2.30. The summed E-state index contributed by atoms with van der Waals surface area (Å²) in [5, 5.41) is 2.93. The van der Waals surface area contributed by atoms with Crippen molar-refractivity contribution in [3.8, 4) is 0 Å². The molecule has 0 aliphatic heterocycles. The maximum Gasteiger partial charge on any atom is 0.217 e. The van der Waals surface area contributed by atoms with Gasteiger partial charge in [-0.25, -0.2) is 0 Å². The number of nitrogens with one attached hydrogen (secondary N) is 1. The monoisotopic (exact) mass is 187 g/mol. The van der Waals surface area contributed by atoms with Gasteiger partial charge in [-0.2, -0.15) is 0 Å². The minimum Gasteiger partial charge on any atom is -0.353 e. The molecule has 1 N–H and O–H groups in total. The van der Waals surface area contributed by atoms with Gasteiger partial charge in [-0.05, 0) is 11.8 Å². The standard InChI is InChI=1S/C9H19NO.C2H6/c1-6-8(9(3,4)5)10-7(2)11;1-2/h8H,6H2,1-5H3,(H,10,11);1-2H3. The zero-order valence-corrected chi connectivity index (χ0v) is 10.2. The molecule has 0 spiro atoms. The Balaban J connectivity index is 0. The molecule has 0 aromatic rings. The number of carbonyl (C=O) groups excluding carboxylic acids is 1. The predicted molar refractivity (Wildman–Crippen MR) is 58.7 cm³/mol. The molecule has 0 saturated carbocycles. The van der Waals surface area contributed by atoms with E-state index in [0.29, 0.717) is 6.04 Å². The lowest BCUT2D eigenvalue weighted by molar-refractivity contribution is -0.120. The maximum absolute atomic E-state index is 10.7. The molecule has 2 heteroatoms. The van der Waals surface area contributed by atoms with Gasteiger partial charge in [-0.15, -0.1) is 0 Å². The van der Waals surface area contributed by atoms with Crippen LogP contribution in [-0.2, 0) is 4.79 Å². The molecule has 80 valence electrons. The Bertz CT molecular complexity index is 136. The Hall–Kier alpha value is -0.530. The molecule has 0 rings (SSSR count). The second-order valence-corrected chi connectivity index (χ2v) is 4.03. The maximum atomic E-state index is 10.7. The second kappa shape index (κ2) is 6.93. The van der Waals surface area contributed by atoms with Gasteiger partial charge in [-0.3, -0.25) is 4.79 Å². The van der Waals surface area contributed by atoms with E-state index < -0.39 is 0 Å². The minimum atomic E-state index is 0.0618. The third-order valence-electron chi connectivity index (χ3n) is 1.83. The van der Waals surface area contributed by atoms with Crippen molar-refractivity contribution >= 4 is 5.91 Å². The number of hydrogen-bond donors (Lipinski definition) is 1. The number of carbonyl (C=O) groups is 1. The molecule has 1 amide bonds. The van der Waals surface area contributed by atoms with E-state index in [1.807, 2.05) is 13.8 Å². The van der Waals surface area contributed by atoms with Crippen molar-refractivity contribution < 1.29 is 4.79 Å². The summed E-state index contributed by atoms with van der Waals surface area (Å²) in [6.45, 7) is 14.1. The average molecular weight is 187 g/mol. The highest BCUT2D eigenvalue weighted by molar-refractivity contribution is 5.73. The Labute approximate surface area is 83.1 Å². The van der Waals surface area contributed by atoms with Crippen LogP contribution >= 0.6 is 0 Å². The third-order valence-corrected chi connectivity index (χ3v) is 1.83. The highest BCUT2D eigenvalue weighted by Crippen LogP contribution is 2.21. The topological polar surface area (TPSA) is 29.1 Å². The molecule has 1 atom stereocenters. The van der Waals surface area contributed by atoms with Crippen molar-refractivity contribution in [2.24, 2.45) is 5.41 Å². The molecule has 13 heavy (non-hydrogen) atoms. The minimum absolute atomic E-state index is 0.0618. The van der Waals surface area contributed by atoms with Crippen LogP contribution in [0.2, 0.25) is 0 Å². The van der Waals surface area contributed by atoms with Crippen LogP contribution < -0.4 is 5.32 Å².